The monoisotopic (exact) mass is 225 g/mol. The Balaban J connectivity index is 0. The second kappa shape index (κ2) is 12.9. The van der Waals surface area contributed by atoms with Gasteiger partial charge in [-0.3, -0.25) is 0 Å². The fourth-order valence-corrected chi connectivity index (χ4v) is 0.466. The number of esters is 2. The normalized spacial score (nSPS) is 7.50. The lowest BCUT2D eigenvalue weighted by Gasteiger charge is -1.96. The molecule has 88 valence electrons. The van der Waals surface area contributed by atoms with Crippen LogP contribution in [0, 0.1) is 11.3 Å². The number of carbonyl (C=O) groups excluding carboxylic acids is 2. The SMILES string of the molecule is C=CC(=O)OC.C=CC(=O)OCCCC#N. The minimum absolute atomic E-state index is 0.304. The third-order valence-corrected chi connectivity index (χ3v) is 1.21. The minimum atomic E-state index is -0.432. The maximum Gasteiger partial charge on any atom is 0.330 e. The van der Waals surface area contributed by atoms with Gasteiger partial charge in [0.1, 0.15) is 0 Å². The molecule has 0 aromatic rings. The van der Waals surface area contributed by atoms with E-state index in [-0.39, 0.29) is 0 Å². The van der Waals surface area contributed by atoms with E-state index in [0.29, 0.717) is 19.4 Å². The van der Waals surface area contributed by atoms with E-state index in [1.165, 1.54) is 7.11 Å². The molecule has 0 heterocycles. The Morgan fingerprint density at radius 1 is 1.31 bits per heavy atom. The molecule has 0 aliphatic rings. The highest BCUT2D eigenvalue weighted by atomic mass is 16.5. The zero-order valence-corrected chi connectivity index (χ0v) is 9.27. The zero-order valence-electron chi connectivity index (χ0n) is 9.27. The summed E-state index contributed by atoms with van der Waals surface area (Å²) in [5.74, 6) is -0.826. The van der Waals surface area contributed by atoms with E-state index < -0.39 is 11.9 Å². The first-order chi connectivity index (χ1) is 7.62. The number of rotatable bonds is 5. The predicted octanol–water partition coefficient (Wildman–Crippen LogP) is 1.36. The molecular weight excluding hydrogens is 210 g/mol. The van der Waals surface area contributed by atoms with Gasteiger partial charge in [0.05, 0.1) is 19.8 Å². The van der Waals surface area contributed by atoms with Gasteiger partial charge in [0, 0.05) is 18.6 Å². The molecule has 5 nitrogen and oxygen atoms in total. The van der Waals surface area contributed by atoms with Crippen LogP contribution in [0.15, 0.2) is 25.3 Å². The third kappa shape index (κ3) is 14.4. The average Bonchev–Trinajstić information content (AvgIpc) is 2.34. The molecule has 0 unspecified atom stereocenters. The van der Waals surface area contributed by atoms with E-state index in [9.17, 15) is 9.59 Å². The van der Waals surface area contributed by atoms with Crippen LogP contribution in [-0.2, 0) is 19.1 Å². The van der Waals surface area contributed by atoms with Crippen molar-refractivity contribution in [3.05, 3.63) is 25.3 Å². The van der Waals surface area contributed by atoms with Crippen molar-refractivity contribution in [3.63, 3.8) is 0 Å². The molecule has 0 radical (unpaired) electrons. The molecule has 0 amide bonds. The predicted molar refractivity (Wildman–Crippen MR) is 58.2 cm³/mol. The Morgan fingerprint density at radius 3 is 2.19 bits per heavy atom. The van der Waals surface area contributed by atoms with E-state index in [1.807, 2.05) is 6.07 Å². The molecule has 0 aliphatic carbocycles. The molecule has 0 saturated heterocycles. The molecule has 0 fully saturated rings. The number of unbranched alkanes of at least 4 members (excludes halogenated alkanes) is 1. The standard InChI is InChI=1S/C7H9NO2.C4H6O2/c1-2-7(9)10-6-4-3-5-8;1-3-4(5)6-2/h2H,1,3-4,6H2;3H,1H2,2H3. The summed E-state index contributed by atoms with van der Waals surface area (Å²) in [5.41, 5.74) is 0. The van der Waals surface area contributed by atoms with Gasteiger partial charge in [0.25, 0.3) is 0 Å². The quantitative estimate of drug-likeness (QED) is 0.401. The topological polar surface area (TPSA) is 76.4 Å². The van der Waals surface area contributed by atoms with Gasteiger partial charge in [-0.05, 0) is 6.42 Å². The largest absolute Gasteiger partial charge is 0.466 e. The number of hydrogen-bond donors (Lipinski definition) is 0. The Bertz CT molecular complexity index is 278. The van der Waals surface area contributed by atoms with Crippen LogP contribution in [0.1, 0.15) is 12.8 Å². The van der Waals surface area contributed by atoms with Gasteiger partial charge in [0.2, 0.25) is 0 Å². The number of methoxy groups -OCH3 is 1. The molecule has 0 aromatic carbocycles. The summed E-state index contributed by atoms with van der Waals surface area (Å²) in [5, 5.41) is 8.08. The van der Waals surface area contributed by atoms with Crippen molar-refractivity contribution in [1.82, 2.24) is 0 Å². The first-order valence-electron chi connectivity index (χ1n) is 4.48. The van der Waals surface area contributed by atoms with Crippen molar-refractivity contribution in [2.75, 3.05) is 13.7 Å². The van der Waals surface area contributed by atoms with Crippen molar-refractivity contribution in [2.45, 2.75) is 12.8 Å². The van der Waals surface area contributed by atoms with Crippen LogP contribution in [0.2, 0.25) is 0 Å². The summed E-state index contributed by atoms with van der Waals surface area (Å²) in [6.45, 7) is 6.68. The van der Waals surface area contributed by atoms with Gasteiger partial charge in [-0.25, -0.2) is 9.59 Å². The number of carbonyl (C=O) groups is 2. The Hall–Kier alpha value is -2.09. The average molecular weight is 225 g/mol. The first-order valence-corrected chi connectivity index (χ1v) is 4.48. The number of nitriles is 1. The maximum absolute atomic E-state index is 10.4. The Morgan fingerprint density at radius 2 is 1.88 bits per heavy atom. The molecular formula is C11H15NO4. The third-order valence-electron chi connectivity index (χ3n) is 1.21. The summed E-state index contributed by atoms with van der Waals surface area (Å²) >= 11 is 0. The molecule has 0 saturated carbocycles. The molecule has 0 aliphatic heterocycles. The summed E-state index contributed by atoms with van der Waals surface area (Å²) in [7, 11) is 1.31. The molecule has 0 spiro atoms. The summed E-state index contributed by atoms with van der Waals surface area (Å²) in [4.78, 5) is 20.2. The van der Waals surface area contributed by atoms with Gasteiger partial charge in [-0.2, -0.15) is 5.26 Å². The maximum atomic E-state index is 10.4. The lowest BCUT2D eigenvalue weighted by molar-refractivity contribution is -0.138. The first kappa shape index (κ1) is 16.3. The summed E-state index contributed by atoms with van der Waals surface area (Å²) < 4.78 is 8.73. The highest BCUT2D eigenvalue weighted by Crippen LogP contribution is 1.88. The highest BCUT2D eigenvalue weighted by molar-refractivity contribution is 5.81. The van der Waals surface area contributed by atoms with E-state index in [2.05, 4.69) is 22.6 Å². The molecule has 0 N–H and O–H groups in total. The fourth-order valence-electron chi connectivity index (χ4n) is 0.466. The lowest BCUT2D eigenvalue weighted by Crippen LogP contribution is -2.00. The highest BCUT2D eigenvalue weighted by Gasteiger charge is 1.92. The van der Waals surface area contributed by atoms with Gasteiger partial charge in [0.15, 0.2) is 0 Å². The molecule has 0 atom stereocenters. The van der Waals surface area contributed by atoms with Crippen LogP contribution in [0.4, 0.5) is 0 Å². The number of hydrogen-bond acceptors (Lipinski definition) is 5. The van der Waals surface area contributed by atoms with Gasteiger partial charge < -0.3 is 9.47 Å². The molecule has 5 heteroatoms. The smallest absolute Gasteiger partial charge is 0.330 e. The van der Waals surface area contributed by atoms with Crippen molar-refractivity contribution in [3.8, 4) is 6.07 Å². The molecule has 0 bridgehead atoms. The van der Waals surface area contributed by atoms with E-state index >= 15 is 0 Å². The second-order valence-corrected chi connectivity index (χ2v) is 2.36. The molecule has 16 heavy (non-hydrogen) atoms. The summed E-state index contributed by atoms with van der Waals surface area (Å²) in [6, 6.07) is 1.94. The van der Waals surface area contributed by atoms with E-state index in [4.69, 9.17) is 5.26 Å². The zero-order chi connectivity index (χ0) is 12.8. The molecule has 0 rings (SSSR count). The van der Waals surface area contributed by atoms with Crippen LogP contribution in [-0.4, -0.2) is 25.7 Å². The van der Waals surface area contributed by atoms with Crippen molar-refractivity contribution in [2.24, 2.45) is 0 Å². The van der Waals surface area contributed by atoms with Crippen LogP contribution in [0.3, 0.4) is 0 Å². The van der Waals surface area contributed by atoms with Gasteiger partial charge >= 0.3 is 11.9 Å². The number of ether oxygens (including phenoxy) is 2. The fraction of sp³-hybridized carbons (Fsp3) is 0.364. The van der Waals surface area contributed by atoms with Crippen molar-refractivity contribution in [1.29, 1.82) is 5.26 Å². The van der Waals surface area contributed by atoms with Crippen molar-refractivity contribution < 1.29 is 19.1 Å². The van der Waals surface area contributed by atoms with Crippen LogP contribution in [0.5, 0.6) is 0 Å². The van der Waals surface area contributed by atoms with Gasteiger partial charge in [-0.15, -0.1) is 0 Å². The second-order valence-electron chi connectivity index (χ2n) is 2.36. The Kier molecular flexibility index (Phi) is 13.2. The van der Waals surface area contributed by atoms with E-state index in [1.54, 1.807) is 0 Å². The van der Waals surface area contributed by atoms with E-state index in [0.717, 1.165) is 12.2 Å². The summed E-state index contributed by atoms with van der Waals surface area (Å²) in [6.07, 6.45) is 3.23. The van der Waals surface area contributed by atoms with Crippen molar-refractivity contribution >= 4 is 11.9 Å². The van der Waals surface area contributed by atoms with Crippen LogP contribution >= 0.6 is 0 Å². The number of nitrogens with zero attached hydrogens (tertiary/aromatic N) is 1. The Labute approximate surface area is 95.0 Å². The van der Waals surface area contributed by atoms with Crippen LogP contribution < -0.4 is 0 Å². The van der Waals surface area contributed by atoms with Crippen LogP contribution in [0.25, 0.3) is 0 Å². The lowest BCUT2D eigenvalue weighted by atomic mass is 10.3. The molecule has 0 aromatic heterocycles. The minimum Gasteiger partial charge on any atom is -0.466 e. The van der Waals surface area contributed by atoms with Gasteiger partial charge in [-0.1, -0.05) is 13.2 Å².